The van der Waals surface area contributed by atoms with Crippen molar-refractivity contribution in [3.63, 3.8) is 0 Å². The molecule has 1 heterocycles. The molecule has 0 saturated heterocycles. The van der Waals surface area contributed by atoms with Crippen molar-refractivity contribution in [1.82, 2.24) is 4.57 Å². The second-order valence-corrected chi connectivity index (χ2v) is 9.83. The maximum atomic E-state index is 11.4. The summed E-state index contributed by atoms with van der Waals surface area (Å²) in [5.74, 6) is 0. The number of hydrogen-bond acceptors (Lipinski definition) is 4. The minimum atomic E-state index is -4.30. The van der Waals surface area contributed by atoms with Crippen molar-refractivity contribution in [3.05, 3.63) is 65.2 Å². The van der Waals surface area contributed by atoms with E-state index in [0.29, 0.717) is 22.3 Å². The summed E-state index contributed by atoms with van der Waals surface area (Å²) in [6, 6.07) is 5.61. The van der Waals surface area contributed by atoms with Gasteiger partial charge in [0, 0.05) is 0 Å². The molecule has 0 radical (unpaired) electrons. The molecule has 154 valence electrons. The molecular weight excluding hydrogens is 416 g/mol. The summed E-state index contributed by atoms with van der Waals surface area (Å²) in [6.45, 7) is 7.00. The highest BCUT2D eigenvalue weighted by molar-refractivity contribution is 7.86. The molecule has 10 heteroatoms. The molecule has 0 unspecified atom stereocenters. The molecule has 0 saturated carbocycles. The summed E-state index contributed by atoms with van der Waals surface area (Å²) in [6.07, 6.45) is 5.36. The Bertz CT molecular complexity index is 1190. The van der Waals surface area contributed by atoms with Crippen LogP contribution in [-0.4, -0.2) is 30.5 Å². The Morgan fingerprint density at radius 3 is 1.59 bits per heavy atom. The van der Waals surface area contributed by atoms with E-state index in [1.807, 2.05) is 9.13 Å². The molecule has 0 bridgehead atoms. The molecule has 0 fully saturated rings. The third-order valence-electron chi connectivity index (χ3n) is 4.68. The fourth-order valence-electron chi connectivity index (χ4n) is 3.56. The van der Waals surface area contributed by atoms with Crippen molar-refractivity contribution in [2.24, 2.45) is 0 Å². The average molecular weight is 438 g/mol. The Morgan fingerprint density at radius 2 is 1.17 bits per heavy atom. The second-order valence-electron chi connectivity index (χ2n) is 6.99. The van der Waals surface area contributed by atoms with Crippen LogP contribution in [-0.2, 0) is 20.2 Å². The van der Waals surface area contributed by atoms with Crippen LogP contribution < -0.4 is 4.57 Å². The molecule has 0 amide bonds. The van der Waals surface area contributed by atoms with E-state index in [0.717, 1.165) is 11.4 Å². The Hall–Kier alpha value is -2.53. The maximum absolute atomic E-state index is 11.4. The highest BCUT2D eigenvalue weighted by atomic mass is 32.2. The predicted octanol–water partition coefficient (Wildman–Crippen LogP) is 2.48. The summed E-state index contributed by atoms with van der Waals surface area (Å²) in [7, 11) is -8.59. The minimum absolute atomic E-state index is 0.163. The number of imidazole rings is 1. The number of hydrogen-bond donors (Lipinski definition) is 2. The Kier molecular flexibility index (Phi) is 5.16. The molecule has 2 aromatic carbocycles. The lowest BCUT2D eigenvalue weighted by atomic mass is 10.1. The van der Waals surface area contributed by atoms with E-state index in [1.165, 1.54) is 24.3 Å². The van der Waals surface area contributed by atoms with Crippen LogP contribution in [0.2, 0.25) is 0 Å². The van der Waals surface area contributed by atoms with E-state index >= 15 is 0 Å². The van der Waals surface area contributed by atoms with Gasteiger partial charge < -0.3 is 0 Å². The molecule has 0 aliphatic rings. The number of aromatic nitrogens is 2. The van der Waals surface area contributed by atoms with Crippen LogP contribution in [0, 0.1) is 27.7 Å². The molecule has 8 nitrogen and oxygen atoms in total. The van der Waals surface area contributed by atoms with Crippen LogP contribution in [0.4, 0.5) is 0 Å². The van der Waals surface area contributed by atoms with Gasteiger partial charge in [-0.1, -0.05) is 0 Å². The monoisotopic (exact) mass is 437 g/mol. The third-order valence-corrected chi connectivity index (χ3v) is 6.34. The highest BCUT2D eigenvalue weighted by Crippen LogP contribution is 2.24. The first kappa shape index (κ1) is 21.2. The molecule has 0 aliphatic heterocycles. The summed E-state index contributed by atoms with van der Waals surface area (Å²) >= 11 is 0. The SMILES string of the molecule is Cc1cc(S(=O)(=O)O)cc(C)c1-n1cc[n+](-c2c(C)cc(S(=O)(=O)O)cc2C)c1. The Balaban J connectivity index is 2.12. The van der Waals surface area contributed by atoms with Crippen molar-refractivity contribution in [2.75, 3.05) is 0 Å². The molecule has 1 aromatic heterocycles. The second kappa shape index (κ2) is 7.06. The average Bonchev–Trinajstić information content (AvgIpc) is 3.00. The molecular formula is C19H21N2O6S2+. The topological polar surface area (TPSA) is 118 Å². The van der Waals surface area contributed by atoms with Crippen LogP contribution >= 0.6 is 0 Å². The fraction of sp³-hybridized carbons (Fsp3) is 0.211. The fourth-order valence-corrected chi connectivity index (χ4v) is 4.87. The van der Waals surface area contributed by atoms with Gasteiger partial charge in [-0.25, -0.2) is 9.13 Å². The van der Waals surface area contributed by atoms with Gasteiger partial charge in [0.15, 0.2) is 0 Å². The molecule has 0 spiro atoms. The summed E-state index contributed by atoms with van der Waals surface area (Å²) in [4.78, 5) is -0.326. The normalized spacial score (nSPS) is 12.3. The molecule has 0 aliphatic carbocycles. The van der Waals surface area contributed by atoms with Crippen molar-refractivity contribution in [1.29, 1.82) is 0 Å². The number of aryl methyl sites for hydroxylation is 4. The van der Waals surface area contributed by atoms with Gasteiger partial charge in [-0.05, 0) is 74.2 Å². The smallest absolute Gasteiger partial charge is 0.282 e. The van der Waals surface area contributed by atoms with E-state index in [1.54, 1.807) is 46.4 Å². The molecule has 0 atom stereocenters. The van der Waals surface area contributed by atoms with Gasteiger partial charge in [0.1, 0.15) is 23.8 Å². The minimum Gasteiger partial charge on any atom is -0.282 e. The van der Waals surface area contributed by atoms with Crippen molar-refractivity contribution < 1.29 is 30.5 Å². The number of nitrogens with zero attached hydrogens (tertiary/aromatic N) is 2. The van der Waals surface area contributed by atoms with E-state index in [4.69, 9.17) is 0 Å². The van der Waals surface area contributed by atoms with Crippen molar-refractivity contribution in [2.45, 2.75) is 37.5 Å². The zero-order valence-electron chi connectivity index (χ0n) is 16.3. The van der Waals surface area contributed by atoms with Crippen molar-refractivity contribution >= 4 is 20.2 Å². The van der Waals surface area contributed by atoms with Crippen LogP contribution in [0.15, 0.2) is 52.8 Å². The van der Waals surface area contributed by atoms with Crippen LogP contribution in [0.25, 0.3) is 11.4 Å². The van der Waals surface area contributed by atoms with Gasteiger partial charge in [0.25, 0.3) is 26.6 Å². The van der Waals surface area contributed by atoms with E-state index in [9.17, 15) is 25.9 Å². The molecule has 3 rings (SSSR count). The van der Waals surface area contributed by atoms with Gasteiger partial charge in [-0.2, -0.15) is 16.8 Å². The largest absolute Gasteiger partial charge is 0.294 e. The van der Waals surface area contributed by atoms with Gasteiger partial charge in [-0.15, -0.1) is 0 Å². The third kappa shape index (κ3) is 4.10. The maximum Gasteiger partial charge on any atom is 0.294 e. The quantitative estimate of drug-likeness (QED) is 0.478. The van der Waals surface area contributed by atoms with Gasteiger partial charge in [0.05, 0.1) is 9.79 Å². The van der Waals surface area contributed by atoms with E-state index in [2.05, 4.69) is 0 Å². The van der Waals surface area contributed by atoms with Gasteiger partial charge in [0.2, 0.25) is 0 Å². The lowest BCUT2D eigenvalue weighted by Crippen LogP contribution is -2.30. The first-order valence-corrected chi connectivity index (χ1v) is 11.4. The zero-order chi connectivity index (χ0) is 21.7. The predicted molar refractivity (Wildman–Crippen MR) is 106 cm³/mol. The zero-order valence-corrected chi connectivity index (χ0v) is 17.9. The van der Waals surface area contributed by atoms with Gasteiger partial charge >= 0.3 is 0 Å². The van der Waals surface area contributed by atoms with E-state index in [-0.39, 0.29) is 9.79 Å². The van der Waals surface area contributed by atoms with Crippen molar-refractivity contribution in [3.8, 4) is 11.4 Å². The van der Waals surface area contributed by atoms with Gasteiger partial charge in [-0.3, -0.25) is 9.11 Å². The highest BCUT2D eigenvalue weighted by Gasteiger charge is 2.21. The first-order valence-electron chi connectivity index (χ1n) is 8.56. The van der Waals surface area contributed by atoms with E-state index < -0.39 is 20.2 Å². The number of rotatable bonds is 4. The molecule has 3 aromatic rings. The lowest BCUT2D eigenvalue weighted by molar-refractivity contribution is -0.595. The standard InChI is InChI=1S/C19H20N2O6S2/c1-12-7-16(28(22,23)24)8-13(2)18(12)20-5-6-21(11-20)19-14(3)9-17(10-15(19)4)29(25,26)27/h5-11H,1-4H3,(H-,22,23,24,25,26,27)/p+1. The summed E-state index contributed by atoms with van der Waals surface area (Å²) in [5.41, 5.74) is 4.18. The molecule has 2 N–H and O–H groups in total. The van der Waals surface area contributed by atoms with Crippen LogP contribution in [0.3, 0.4) is 0 Å². The first-order chi connectivity index (χ1) is 13.3. The summed E-state index contributed by atoms with van der Waals surface area (Å²) in [5, 5.41) is 0. The van der Waals surface area contributed by atoms with Crippen LogP contribution in [0.5, 0.6) is 0 Å². The van der Waals surface area contributed by atoms with Crippen LogP contribution in [0.1, 0.15) is 22.3 Å². The Labute approximate surface area is 169 Å². The molecule has 29 heavy (non-hydrogen) atoms. The Morgan fingerprint density at radius 1 is 0.759 bits per heavy atom. The lowest BCUT2D eigenvalue weighted by Gasteiger charge is -2.09. The summed E-state index contributed by atoms with van der Waals surface area (Å²) < 4.78 is 67.9. The number of benzene rings is 2.